The van der Waals surface area contributed by atoms with Crippen molar-refractivity contribution >= 4 is 23.3 Å². The first kappa shape index (κ1) is 15.2. The standard InChI is InChI=1S/C14H13ClFN3O2/c15-11-4-3-9(6-12(11)16)13(20)8-18-14(21)19-10-2-1-5-17-7-10/h1-7,13,20H,8H2,(H2,18,19,21)/t13-/m1/s1. The smallest absolute Gasteiger partial charge is 0.319 e. The molecule has 2 rings (SSSR count). The van der Waals surface area contributed by atoms with Crippen LogP contribution in [0.2, 0.25) is 5.02 Å². The molecule has 0 aliphatic carbocycles. The molecule has 21 heavy (non-hydrogen) atoms. The van der Waals surface area contributed by atoms with Crippen molar-refractivity contribution < 1.29 is 14.3 Å². The lowest BCUT2D eigenvalue weighted by molar-refractivity contribution is 0.174. The van der Waals surface area contributed by atoms with Gasteiger partial charge in [0.1, 0.15) is 5.82 Å². The minimum Gasteiger partial charge on any atom is -0.387 e. The number of nitrogens with zero attached hydrogens (tertiary/aromatic N) is 1. The fourth-order valence-corrected chi connectivity index (χ4v) is 1.76. The second-order valence-electron chi connectivity index (χ2n) is 4.27. The molecule has 0 bridgehead atoms. The molecule has 1 aromatic carbocycles. The number of benzene rings is 1. The Hall–Kier alpha value is -2.18. The first-order valence-corrected chi connectivity index (χ1v) is 6.52. The molecule has 0 saturated heterocycles. The zero-order valence-corrected chi connectivity index (χ0v) is 11.6. The van der Waals surface area contributed by atoms with Crippen LogP contribution in [0, 0.1) is 5.82 Å². The summed E-state index contributed by atoms with van der Waals surface area (Å²) in [5.41, 5.74) is 0.862. The van der Waals surface area contributed by atoms with E-state index in [4.69, 9.17) is 11.6 Å². The maximum absolute atomic E-state index is 13.3. The van der Waals surface area contributed by atoms with Gasteiger partial charge < -0.3 is 15.7 Å². The van der Waals surface area contributed by atoms with E-state index in [1.165, 1.54) is 18.3 Å². The van der Waals surface area contributed by atoms with Crippen LogP contribution in [0.5, 0.6) is 0 Å². The van der Waals surface area contributed by atoms with E-state index in [1.807, 2.05) is 0 Å². The summed E-state index contributed by atoms with van der Waals surface area (Å²) < 4.78 is 13.3. The average Bonchev–Trinajstić information content (AvgIpc) is 2.48. The quantitative estimate of drug-likeness (QED) is 0.813. The van der Waals surface area contributed by atoms with E-state index in [-0.39, 0.29) is 11.6 Å². The van der Waals surface area contributed by atoms with Gasteiger partial charge in [0.2, 0.25) is 0 Å². The number of hydrogen-bond acceptors (Lipinski definition) is 3. The van der Waals surface area contributed by atoms with E-state index in [9.17, 15) is 14.3 Å². The third-order valence-corrected chi connectivity index (χ3v) is 3.01. The molecule has 0 aliphatic heterocycles. The molecule has 2 aromatic rings. The number of nitrogens with one attached hydrogen (secondary N) is 2. The minimum atomic E-state index is -1.03. The van der Waals surface area contributed by atoms with Crippen LogP contribution >= 0.6 is 11.6 Å². The number of amides is 2. The maximum atomic E-state index is 13.3. The highest BCUT2D eigenvalue weighted by atomic mass is 35.5. The van der Waals surface area contributed by atoms with Gasteiger partial charge in [0.05, 0.1) is 23.0 Å². The Morgan fingerprint density at radius 2 is 2.24 bits per heavy atom. The number of pyridine rings is 1. The zero-order chi connectivity index (χ0) is 15.2. The fraction of sp³-hybridized carbons (Fsp3) is 0.143. The van der Waals surface area contributed by atoms with Crippen molar-refractivity contribution in [2.75, 3.05) is 11.9 Å². The van der Waals surface area contributed by atoms with Crippen molar-refractivity contribution in [2.45, 2.75) is 6.10 Å². The second-order valence-corrected chi connectivity index (χ2v) is 4.67. The van der Waals surface area contributed by atoms with Crippen molar-refractivity contribution in [1.29, 1.82) is 0 Å². The molecule has 5 nitrogen and oxygen atoms in total. The summed E-state index contributed by atoms with van der Waals surface area (Å²) in [5.74, 6) is -0.618. The Balaban J connectivity index is 1.87. The predicted molar refractivity (Wildman–Crippen MR) is 77.6 cm³/mol. The monoisotopic (exact) mass is 309 g/mol. The molecular formula is C14H13ClFN3O2. The third kappa shape index (κ3) is 4.40. The highest BCUT2D eigenvalue weighted by Gasteiger charge is 2.11. The van der Waals surface area contributed by atoms with Crippen molar-refractivity contribution in [1.82, 2.24) is 10.3 Å². The highest BCUT2D eigenvalue weighted by Crippen LogP contribution is 2.19. The van der Waals surface area contributed by atoms with Crippen LogP contribution in [0.25, 0.3) is 0 Å². The van der Waals surface area contributed by atoms with Gasteiger partial charge in [0.25, 0.3) is 0 Å². The first-order valence-electron chi connectivity index (χ1n) is 6.14. The zero-order valence-electron chi connectivity index (χ0n) is 10.9. The Kier molecular flexibility index (Phi) is 5.08. The summed E-state index contributed by atoms with van der Waals surface area (Å²) in [6, 6.07) is 6.85. The summed E-state index contributed by atoms with van der Waals surface area (Å²) in [6.45, 7) is -0.0623. The normalized spacial score (nSPS) is 11.8. The number of urea groups is 1. The van der Waals surface area contributed by atoms with Crippen LogP contribution in [-0.4, -0.2) is 22.7 Å². The molecule has 1 atom stereocenters. The largest absolute Gasteiger partial charge is 0.387 e. The lowest BCUT2D eigenvalue weighted by atomic mass is 10.1. The predicted octanol–water partition coefficient (Wildman–Crippen LogP) is 2.73. The van der Waals surface area contributed by atoms with Gasteiger partial charge in [-0.3, -0.25) is 4.98 Å². The maximum Gasteiger partial charge on any atom is 0.319 e. The van der Waals surface area contributed by atoms with Crippen molar-refractivity contribution in [3.63, 3.8) is 0 Å². The van der Waals surface area contributed by atoms with Crippen molar-refractivity contribution in [3.05, 3.63) is 59.1 Å². The van der Waals surface area contributed by atoms with E-state index < -0.39 is 18.0 Å². The van der Waals surface area contributed by atoms with Gasteiger partial charge in [0.15, 0.2) is 0 Å². The number of hydrogen-bond donors (Lipinski definition) is 3. The number of aliphatic hydroxyl groups excluding tert-OH is 1. The molecule has 0 fully saturated rings. The lowest BCUT2D eigenvalue weighted by Crippen LogP contribution is -2.32. The molecule has 7 heteroatoms. The number of aromatic nitrogens is 1. The summed E-state index contributed by atoms with van der Waals surface area (Å²) in [5, 5.41) is 14.9. The molecule has 0 saturated carbocycles. The highest BCUT2D eigenvalue weighted by molar-refractivity contribution is 6.30. The van der Waals surface area contributed by atoms with Crippen molar-refractivity contribution in [3.8, 4) is 0 Å². The van der Waals surface area contributed by atoms with Crippen LogP contribution in [0.15, 0.2) is 42.7 Å². The molecule has 0 spiro atoms. The van der Waals surface area contributed by atoms with Gasteiger partial charge >= 0.3 is 6.03 Å². The summed E-state index contributed by atoms with van der Waals surface area (Å²) in [6.07, 6.45) is 2.04. The van der Waals surface area contributed by atoms with Gasteiger partial charge in [-0.2, -0.15) is 0 Å². The van der Waals surface area contributed by atoms with Gasteiger partial charge in [-0.15, -0.1) is 0 Å². The van der Waals surface area contributed by atoms with Crippen LogP contribution in [-0.2, 0) is 0 Å². The third-order valence-electron chi connectivity index (χ3n) is 2.70. The van der Waals surface area contributed by atoms with Crippen molar-refractivity contribution in [2.24, 2.45) is 0 Å². The second kappa shape index (κ2) is 7.01. The molecule has 0 radical (unpaired) electrons. The van der Waals surface area contributed by atoms with Gasteiger partial charge in [-0.25, -0.2) is 9.18 Å². The molecule has 3 N–H and O–H groups in total. The molecular weight excluding hydrogens is 297 g/mol. The molecule has 0 aliphatic rings. The Morgan fingerprint density at radius 3 is 2.90 bits per heavy atom. The average molecular weight is 310 g/mol. The molecule has 1 heterocycles. The van der Waals surface area contributed by atoms with Crippen LogP contribution in [0.1, 0.15) is 11.7 Å². The number of carbonyl (C=O) groups is 1. The van der Waals surface area contributed by atoms with E-state index in [2.05, 4.69) is 15.6 Å². The molecule has 0 unspecified atom stereocenters. The van der Waals surface area contributed by atoms with Gasteiger partial charge in [-0.05, 0) is 29.8 Å². The summed E-state index contributed by atoms with van der Waals surface area (Å²) >= 11 is 5.56. The van der Waals surface area contributed by atoms with E-state index in [0.717, 1.165) is 6.07 Å². The van der Waals surface area contributed by atoms with Crippen LogP contribution < -0.4 is 10.6 Å². The Morgan fingerprint density at radius 1 is 1.43 bits per heavy atom. The number of rotatable bonds is 4. The van der Waals surface area contributed by atoms with Crippen LogP contribution in [0.4, 0.5) is 14.9 Å². The van der Waals surface area contributed by atoms with Gasteiger partial charge in [-0.1, -0.05) is 17.7 Å². The minimum absolute atomic E-state index is 0.0202. The van der Waals surface area contributed by atoms with Gasteiger partial charge in [0, 0.05) is 12.7 Å². The molecule has 2 amide bonds. The summed E-state index contributed by atoms with van der Waals surface area (Å²) in [4.78, 5) is 15.5. The topological polar surface area (TPSA) is 74.2 Å². The summed E-state index contributed by atoms with van der Waals surface area (Å²) in [7, 11) is 0. The van der Waals surface area contributed by atoms with E-state index in [1.54, 1.807) is 18.3 Å². The number of halogens is 2. The Bertz CT molecular complexity index is 625. The number of anilines is 1. The number of carbonyl (C=O) groups excluding carboxylic acids is 1. The van der Waals surface area contributed by atoms with E-state index in [0.29, 0.717) is 11.3 Å². The SMILES string of the molecule is O=C(NC[C@@H](O)c1ccc(Cl)c(F)c1)Nc1cccnc1. The molecule has 1 aromatic heterocycles. The Labute approximate surface area is 125 Å². The van der Waals surface area contributed by atoms with E-state index >= 15 is 0 Å². The first-order chi connectivity index (χ1) is 10.1. The number of aliphatic hydroxyl groups is 1. The van der Waals surface area contributed by atoms with Crippen LogP contribution in [0.3, 0.4) is 0 Å². The molecule has 110 valence electrons. The fourth-order valence-electron chi connectivity index (χ4n) is 1.64. The lowest BCUT2D eigenvalue weighted by Gasteiger charge is -2.13.